The Morgan fingerprint density at radius 3 is 2.60 bits per heavy atom. The first-order valence-electron chi connectivity index (χ1n) is 7.62. The van der Waals surface area contributed by atoms with Gasteiger partial charge in [0.2, 0.25) is 0 Å². The van der Waals surface area contributed by atoms with Gasteiger partial charge in [-0.05, 0) is 37.0 Å². The number of methoxy groups -OCH3 is 1. The van der Waals surface area contributed by atoms with Crippen molar-refractivity contribution in [3.63, 3.8) is 0 Å². The van der Waals surface area contributed by atoms with E-state index in [-0.39, 0.29) is 5.54 Å². The zero-order valence-corrected chi connectivity index (χ0v) is 14.1. The van der Waals surface area contributed by atoms with E-state index in [0.717, 1.165) is 19.1 Å². The molecular formula is C16H28N2OS. The Morgan fingerprint density at radius 2 is 2.10 bits per heavy atom. The Balaban J connectivity index is 2.07. The van der Waals surface area contributed by atoms with Gasteiger partial charge in [-0.15, -0.1) is 11.3 Å². The summed E-state index contributed by atoms with van der Waals surface area (Å²) in [7, 11) is 1.76. The number of nitrogens with one attached hydrogen (secondary N) is 1. The first-order valence-corrected chi connectivity index (χ1v) is 8.50. The minimum atomic E-state index is 0.0778. The van der Waals surface area contributed by atoms with Crippen molar-refractivity contribution >= 4 is 11.3 Å². The molecule has 0 aromatic carbocycles. The quantitative estimate of drug-likeness (QED) is 0.839. The van der Waals surface area contributed by atoms with E-state index >= 15 is 0 Å². The first-order chi connectivity index (χ1) is 9.48. The second kappa shape index (κ2) is 6.54. The molecule has 1 aliphatic rings. The molecule has 0 unspecified atom stereocenters. The Bertz CT molecular complexity index is 389. The Labute approximate surface area is 127 Å². The number of aromatic nitrogens is 1. The maximum absolute atomic E-state index is 5.19. The normalized spacial score (nSPS) is 27.7. The number of nitrogens with zero attached hydrogens (tertiary/aromatic N) is 1. The molecule has 1 aromatic rings. The van der Waals surface area contributed by atoms with Crippen LogP contribution in [0.3, 0.4) is 0 Å². The highest BCUT2D eigenvalue weighted by molar-refractivity contribution is 7.09. The van der Waals surface area contributed by atoms with Gasteiger partial charge in [-0.1, -0.05) is 20.8 Å². The van der Waals surface area contributed by atoms with Crippen molar-refractivity contribution in [3.8, 4) is 0 Å². The first kappa shape index (κ1) is 15.9. The minimum absolute atomic E-state index is 0.0778. The largest absolute Gasteiger partial charge is 0.383 e. The maximum Gasteiger partial charge on any atom is 0.113 e. The lowest BCUT2D eigenvalue weighted by Crippen LogP contribution is -2.47. The van der Waals surface area contributed by atoms with Gasteiger partial charge in [0, 0.05) is 25.2 Å². The lowest BCUT2D eigenvalue weighted by Gasteiger charge is -2.43. The van der Waals surface area contributed by atoms with Crippen molar-refractivity contribution < 1.29 is 4.74 Å². The molecule has 1 aliphatic carbocycles. The molecule has 1 aromatic heterocycles. The van der Waals surface area contributed by atoms with Crippen LogP contribution in [0.25, 0.3) is 0 Å². The number of rotatable bonds is 5. The third-order valence-corrected chi connectivity index (χ3v) is 5.65. The van der Waals surface area contributed by atoms with Gasteiger partial charge in [0.05, 0.1) is 12.1 Å². The van der Waals surface area contributed by atoms with Gasteiger partial charge in [0.25, 0.3) is 0 Å². The summed E-state index contributed by atoms with van der Waals surface area (Å²) in [6.45, 7) is 8.76. The van der Waals surface area contributed by atoms with E-state index < -0.39 is 0 Å². The van der Waals surface area contributed by atoms with Crippen molar-refractivity contribution in [2.75, 3.05) is 20.3 Å². The maximum atomic E-state index is 5.19. The zero-order valence-electron chi connectivity index (χ0n) is 13.2. The fourth-order valence-corrected chi connectivity index (χ4v) is 4.17. The van der Waals surface area contributed by atoms with Gasteiger partial charge in [-0.2, -0.15) is 0 Å². The summed E-state index contributed by atoms with van der Waals surface area (Å²) < 4.78 is 5.19. The van der Waals surface area contributed by atoms with Crippen LogP contribution in [0.1, 0.15) is 51.5 Å². The highest BCUT2D eigenvalue weighted by Crippen LogP contribution is 2.45. The number of ether oxygens (including phenoxy) is 1. The van der Waals surface area contributed by atoms with Crippen LogP contribution < -0.4 is 5.32 Å². The molecule has 4 heteroatoms. The van der Waals surface area contributed by atoms with Crippen LogP contribution in [0.5, 0.6) is 0 Å². The van der Waals surface area contributed by atoms with Crippen molar-refractivity contribution in [1.29, 1.82) is 0 Å². The average Bonchev–Trinajstić information content (AvgIpc) is 2.93. The number of hydrogen-bond donors (Lipinski definition) is 1. The highest BCUT2D eigenvalue weighted by atomic mass is 32.1. The van der Waals surface area contributed by atoms with Crippen LogP contribution >= 0.6 is 11.3 Å². The molecule has 2 rings (SSSR count). The average molecular weight is 296 g/mol. The van der Waals surface area contributed by atoms with E-state index in [2.05, 4.69) is 36.5 Å². The SMILES string of the molecule is COCCNC1(c2nccs2)CCC(C(C)(C)C)CC1. The molecule has 0 saturated heterocycles. The van der Waals surface area contributed by atoms with Gasteiger partial charge in [0.1, 0.15) is 5.01 Å². The van der Waals surface area contributed by atoms with Crippen LogP contribution in [0.15, 0.2) is 11.6 Å². The predicted octanol–water partition coefficient (Wildman–Crippen LogP) is 3.81. The summed E-state index contributed by atoms with van der Waals surface area (Å²) in [6, 6.07) is 0. The summed E-state index contributed by atoms with van der Waals surface area (Å²) in [5.41, 5.74) is 0.496. The molecule has 1 N–H and O–H groups in total. The summed E-state index contributed by atoms with van der Waals surface area (Å²) in [4.78, 5) is 4.59. The topological polar surface area (TPSA) is 34.1 Å². The molecule has 0 spiro atoms. The van der Waals surface area contributed by atoms with Gasteiger partial charge in [-0.3, -0.25) is 0 Å². The molecule has 3 nitrogen and oxygen atoms in total. The summed E-state index contributed by atoms with van der Waals surface area (Å²) in [5, 5.41) is 7.07. The second-order valence-corrected chi connectivity index (χ2v) is 7.87. The lowest BCUT2D eigenvalue weighted by atomic mass is 9.67. The predicted molar refractivity (Wildman–Crippen MR) is 85.1 cm³/mol. The molecule has 0 aliphatic heterocycles. The van der Waals surface area contributed by atoms with E-state index in [9.17, 15) is 0 Å². The Kier molecular flexibility index (Phi) is 5.21. The van der Waals surface area contributed by atoms with Gasteiger partial charge in [0.15, 0.2) is 0 Å². The molecule has 0 amide bonds. The molecule has 1 heterocycles. The fourth-order valence-electron chi connectivity index (χ4n) is 3.30. The molecule has 1 fully saturated rings. The lowest BCUT2D eigenvalue weighted by molar-refractivity contribution is 0.104. The zero-order chi connectivity index (χ0) is 14.6. The van der Waals surface area contributed by atoms with Crippen molar-refractivity contribution in [2.45, 2.75) is 52.0 Å². The minimum Gasteiger partial charge on any atom is -0.383 e. The Hall–Kier alpha value is -0.450. The van der Waals surface area contributed by atoms with Gasteiger partial charge < -0.3 is 10.1 Å². The van der Waals surface area contributed by atoms with Crippen LogP contribution in [0.2, 0.25) is 0 Å². The Morgan fingerprint density at radius 1 is 1.40 bits per heavy atom. The van der Waals surface area contributed by atoms with Crippen LogP contribution in [0, 0.1) is 11.3 Å². The molecule has 0 bridgehead atoms. The molecule has 20 heavy (non-hydrogen) atoms. The number of thiazole rings is 1. The summed E-state index contributed by atoms with van der Waals surface area (Å²) in [5.74, 6) is 0.819. The smallest absolute Gasteiger partial charge is 0.113 e. The van der Waals surface area contributed by atoms with Crippen LogP contribution in [0.4, 0.5) is 0 Å². The van der Waals surface area contributed by atoms with Gasteiger partial charge in [-0.25, -0.2) is 4.98 Å². The molecule has 114 valence electrons. The van der Waals surface area contributed by atoms with Crippen molar-refractivity contribution in [1.82, 2.24) is 10.3 Å². The monoisotopic (exact) mass is 296 g/mol. The summed E-state index contributed by atoms with van der Waals surface area (Å²) >= 11 is 1.78. The van der Waals surface area contributed by atoms with E-state index in [4.69, 9.17) is 4.74 Å². The fraction of sp³-hybridized carbons (Fsp3) is 0.812. The molecule has 1 saturated carbocycles. The molecule has 0 atom stereocenters. The molecular weight excluding hydrogens is 268 g/mol. The second-order valence-electron chi connectivity index (χ2n) is 6.98. The van der Waals surface area contributed by atoms with Crippen molar-refractivity contribution in [2.24, 2.45) is 11.3 Å². The highest BCUT2D eigenvalue weighted by Gasteiger charge is 2.41. The van der Waals surface area contributed by atoms with E-state index in [0.29, 0.717) is 5.41 Å². The molecule has 0 radical (unpaired) electrons. The van der Waals surface area contributed by atoms with Crippen LogP contribution in [-0.2, 0) is 10.3 Å². The number of hydrogen-bond acceptors (Lipinski definition) is 4. The van der Waals surface area contributed by atoms with Crippen LogP contribution in [-0.4, -0.2) is 25.2 Å². The van der Waals surface area contributed by atoms with Crippen molar-refractivity contribution in [3.05, 3.63) is 16.6 Å². The third-order valence-electron chi connectivity index (χ3n) is 4.68. The van der Waals surface area contributed by atoms with E-state index in [1.165, 1.54) is 30.7 Å². The van der Waals surface area contributed by atoms with Gasteiger partial charge >= 0.3 is 0 Å². The van der Waals surface area contributed by atoms with E-state index in [1.54, 1.807) is 18.4 Å². The standard InChI is InChI=1S/C16H28N2OS/c1-15(2,3)13-5-7-16(8-6-13,18-9-11-19-4)14-17-10-12-20-14/h10,12-13,18H,5-9,11H2,1-4H3. The summed E-state index contributed by atoms with van der Waals surface area (Å²) in [6.07, 6.45) is 6.86. The van der Waals surface area contributed by atoms with E-state index in [1.807, 2.05) is 6.20 Å². The third kappa shape index (κ3) is 3.60.